The molecule has 0 bridgehead atoms. The van der Waals surface area contributed by atoms with Gasteiger partial charge in [-0.15, -0.1) is 5.10 Å². The number of carbonyl (C=O) groups excluding carboxylic acids is 1. The first-order chi connectivity index (χ1) is 13.7. The molecule has 1 aliphatic carbocycles. The van der Waals surface area contributed by atoms with Crippen LogP contribution in [-0.2, 0) is 11.3 Å². The Bertz CT molecular complexity index is 790. The number of aromatic nitrogens is 3. The van der Waals surface area contributed by atoms with Crippen molar-refractivity contribution in [1.82, 2.24) is 20.3 Å². The van der Waals surface area contributed by atoms with Crippen LogP contribution in [0.3, 0.4) is 0 Å². The van der Waals surface area contributed by atoms with Crippen molar-refractivity contribution in [3.05, 3.63) is 41.2 Å². The van der Waals surface area contributed by atoms with Crippen LogP contribution in [0.25, 0.3) is 0 Å². The van der Waals surface area contributed by atoms with Crippen LogP contribution in [0.15, 0.2) is 24.3 Å². The molecule has 1 aromatic heterocycles. The molecule has 2 N–H and O–H groups in total. The minimum Gasteiger partial charge on any atom is -0.374 e. The summed E-state index contributed by atoms with van der Waals surface area (Å²) in [7, 11) is 0. The van der Waals surface area contributed by atoms with E-state index in [0.29, 0.717) is 24.4 Å². The molecule has 0 spiro atoms. The van der Waals surface area contributed by atoms with Crippen LogP contribution in [0.4, 0.5) is 5.69 Å². The average Bonchev–Trinajstić information content (AvgIpc) is 3.38. The Hall–Kier alpha value is -2.25. The van der Waals surface area contributed by atoms with E-state index in [4.69, 9.17) is 4.74 Å². The van der Waals surface area contributed by atoms with Gasteiger partial charge in [-0.05, 0) is 63.4 Å². The van der Waals surface area contributed by atoms with Crippen LogP contribution < -0.4 is 10.6 Å². The number of piperidine rings is 1. The van der Waals surface area contributed by atoms with Gasteiger partial charge >= 0.3 is 0 Å². The zero-order valence-electron chi connectivity index (χ0n) is 16.5. The Morgan fingerprint density at radius 1 is 1.18 bits per heavy atom. The Kier molecular flexibility index (Phi) is 6.02. The predicted octanol–water partition coefficient (Wildman–Crippen LogP) is 3.22. The van der Waals surface area contributed by atoms with E-state index in [2.05, 4.69) is 20.9 Å². The van der Waals surface area contributed by atoms with Crippen molar-refractivity contribution in [3.63, 3.8) is 0 Å². The fourth-order valence-electron chi connectivity index (χ4n) is 4.09. The number of hydrogen-bond donors (Lipinski definition) is 2. The van der Waals surface area contributed by atoms with Gasteiger partial charge in [0.15, 0.2) is 5.69 Å². The van der Waals surface area contributed by atoms with Crippen LogP contribution in [-0.4, -0.2) is 40.1 Å². The molecule has 2 fully saturated rings. The minimum absolute atomic E-state index is 0.215. The smallest absolute Gasteiger partial charge is 0.278 e. The van der Waals surface area contributed by atoms with Gasteiger partial charge in [-0.25, -0.2) is 4.68 Å². The van der Waals surface area contributed by atoms with Crippen molar-refractivity contribution < 1.29 is 9.53 Å². The zero-order chi connectivity index (χ0) is 19.3. The molecule has 2 aliphatic rings. The molecule has 4 rings (SSSR count). The fraction of sp³-hybridized carbons (Fsp3) is 0.571. The van der Waals surface area contributed by atoms with Gasteiger partial charge in [0.05, 0.1) is 24.4 Å². The number of anilines is 1. The number of benzene rings is 1. The summed E-state index contributed by atoms with van der Waals surface area (Å²) in [6.07, 6.45) is 7.32. The zero-order valence-corrected chi connectivity index (χ0v) is 16.5. The predicted molar refractivity (Wildman–Crippen MR) is 107 cm³/mol. The van der Waals surface area contributed by atoms with Gasteiger partial charge in [0.1, 0.15) is 0 Å². The van der Waals surface area contributed by atoms with Gasteiger partial charge < -0.3 is 15.4 Å². The lowest BCUT2D eigenvalue weighted by Crippen LogP contribution is -2.30. The van der Waals surface area contributed by atoms with Crippen LogP contribution in [0.5, 0.6) is 0 Å². The molecule has 1 saturated carbocycles. The summed E-state index contributed by atoms with van der Waals surface area (Å²) in [5.41, 5.74) is 3.10. The first-order valence-corrected chi connectivity index (χ1v) is 10.3. The molecule has 28 heavy (non-hydrogen) atoms. The first kappa shape index (κ1) is 19.1. The highest BCUT2D eigenvalue weighted by atomic mass is 16.5. The van der Waals surface area contributed by atoms with Gasteiger partial charge in [0.2, 0.25) is 0 Å². The van der Waals surface area contributed by atoms with Crippen LogP contribution in [0.1, 0.15) is 66.3 Å². The number of nitrogens with zero attached hydrogens (tertiary/aromatic N) is 3. The number of ether oxygens (including phenoxy) is 1. The first-order valence-electron chi connectivity index (χ1n) is 10.3. The number of hydrogen-bond acceptors (Lipinski definition) is 5. The third kappa shape index (κ3) is 4.42. The van der Waals surface area contributed by atoms with E-state index in [9.17, 15) is 4.79 Å². The Morgan fingerprint density at radius 2 is 1.89 bits per heavy atom. The van der Waals surface area contributed by atoms with Gasteiger partial charge in [-0.2, -0.15) is 0 Å². The second kappa shape index (κ2) is 8.84. The normalized spacial score (nSPS) is 18.5. The van der Waals surface area contributed by atoms with Crippen LogP contribution >= 0.6 is 0 Å². The van der Waals surface area contributed by atoms with E-state index >= 15 is 0 Å². The number of carbonyl (C=O) groups is 1. The van der Waals surface area contributed by atoms with Crippen LogP contribution in [0, 0.1) is 6.92 Å². The Morgan fingerprint density at radius 3 is 2.61 bits per heavy atom. The molecule has 1 amide bonds. The summed E-state index contributed by atoms with van der Waals surface area (Å²) in [6, 6.07) is 8.15. The van der Waals surface area contributed by atoms with E-state index in [1.54, 1.807) is 0 Å². The van der Waals surface area contributed by atoms with Crippen molar-refractivity contribution in [3.8, 4) is 0 Å². The molecule has 0 unspecified atom stereocenters. The van der Waals surface area contributed by atoms with Crippen molar-refractivity contribution >= 4 is 11.6 Å². The second-order valence-electron chi connectivity index (χ2n) is 7.82. The molecule has 150 valence electrons. The molecule has 7 heteroatoms. The number of nitrogens with one attached hydrogen (secondary N) is 2. The van der Waals surface area contributed by atoms with E-state index in [0.717, 1.165) is 42.9 Å². The second-order valence-corrected chi connectivity index (χ2v) is 7.82. The lowest BCUT2D eigenvalue weighted by molar-refractivity contribution is 0.0457. The maximum atomic E-state index is 12.7. The molecule has 7 nitrogen and oxygen atoms in total. The van der Waals surface area contributed by atoms with E-state index in [-0.39, 0.29) is 5.91 Å². The number of rotatable bonds is 6. The van der Waals surface area contributed by atoms with Crippen molar-refractivity contribution in [1.29, 1.82) is 0 Å². The Labute approximate surface area is 165 Å². The number of amides is 1. The minimum atomic E-state index is -0.215. The third-order valence-corrected chi connectivity index (χ3v) is 5.80. The van der Waals surface area contributed by atoms with E-state index < -0.39 is 0 Å². The van der Waals surface area contributed by atoms with E-state index in [1.165, 1.54) is 25.7 Å². The summed E-state index contributed by atoms with van der Waals surface area (Å²) >= 11 is 0. The SMILES string of the molecule is Cc1c(C(=O)Nc2ccc(COC3CCCC3)cc2)nnn1C1CCNCC1. The third-order valence-electron chi connectivity index (χ3n) is 5.80. The lowest BCUT2D eigenvalue weighted by Gasteiger charge is -2.23. The maximum absolute atomic E-state index is 12.7. The monoisotopic (exact) mass is 383 g/mol. The maximum Gasteiger partial charge on any atom is 0.278 e. The summed E-state index contributed by atoms with van der Waals surface area (Å²) in [6.45, 7) is 4.49. The van der Waals surface area contributed by atoms with Gasteiger partial charge in [0, 0.05) is 5.69 Å². The average molecular weight is 383 g/mol. The highest BCUT2D eigenvalue weighted by Gasteiger charge is 2.23. The summed E-state index contributed by atoms with van der Waals surface area (Å²) in [4.78, 5) is 12.7. The van der Waals surface area contributed by atoms with E-state index in [1.807, 2.05) is 35.9 Å². The highest BCUT2D eigenvalue weighted by Crippen LogP contribution is 2.23. The molecule has 1 aliphatic heterocycles. The topological polar surface area (TPSA) is 81.1 Å². The molecular formula is C21H29N5O2. The van der Waals surface area contributed by atoms with Gasteiger partial charge in [-0.1, -0.05) is 30.2 Å². The van der Waals surface area contributed by atoms with Gasteiger partial charge in [0.25, 0.3) is 5.91 Å². The van der Waals surface area contributed by atoms with Gasteiger partial charge in [-0.3, -0.25) is 4.79 Å². The van der Waals surface area contributed by atoms with Crippen molar-refractivity contribution in [2.45, 2.75) is 64.2 Å². The summed E-state index contributed by atoms with van der Waals surface area (Å²) in [5, 5.41) is 14.7. The summed E-state index contributed by atoms with van der Waals surface area (Å²) < 4.78 is 7.84. The molecule has 0 atom stereocenters. The van der Waals surface area contributed by atoms with Crippen molar-refractivity contribution in [2.24, 2.45) is 0 Å². The Balaban J connectivity index is 1.34. The molecular weight excluding hydrogens is 354 g/mol. The lowest BCUT2D eigenvalue weighted by atomic mass is 10.1. The fourth-order valence-corrected chi connectivity index (χ4v) is 4.09. The molecule has 1 aromatic carbocycles. The van der Waals surface area contributed by atoms with Crippen molar-refractivity contribution in [2.75, 3.05) is 18.4 Å². The molecule has 1 saturated heterocycles. The molecule has 2 aromatic rings. The van der Waals surface area contributed by atoms with Crippen LogP contribution in [0.2, 0.25) is 0 Å². The highest BCUT2D eigenvalue weighted by molar-refractivity contribution is 6.03. The molecule has 0 radical (unpaired) electrons. The quantitative estimate of drug-likeness (QED) is 0.800. The molecule has 2 heterocycles. The largest absolute Gasteiger partial charge is 0.374 e. The summed E-state index contributed by atoms with van der Waals surface area (Å²) in [5.74, 6) is -0.215. The standard InChI is InChI=1S/C21H29N5O2/c1-15-20(24-25-26(15)18-10-12-22-13-11-18)21(27)23-17-8-6-16(7-9-17)14-28-19-4-2-3-5-19/h6-9,18-19,22H,2-5,10-14H2,1H3,(H,23,27).